The molecule has 0 fully saturated rings. The van der Waals surface area contributed by atoms with E-state index < -0.39 is 0 Å². The average molecular weight is 347 g/mol. The van der Waals surface area contributed by atoms with Gasteiger partial charge in [0.05, 0.1) is 5.69 Å². The Bertz CT molecular complexity index is 747. The van der Waals surface area contributed by atoms with Crippen LogP contribution in [-0.2, 0) is 17.8 Å². The van der Waals surface area contributed by atoms with Crippen molar-refractivity contribution in [3.05, 3.63) is 51.5 Å². The number of anilines is 1. The fraction of sp³-hybridized carbons (Fsp3) is 0.294. The van der Waals surface area contributed by atoms with Gasteiger partial charge < -0.3 is 16.0 Å². The van der Waals surface area contributed by atoms with E-state index in [1.165, 1.54) is 11.3 Å². The molecule has 2 heterocycles. The zero-order valence-electron chi connectivity index (χ0n) is 13.0. The van der Waals surface area contributed by atoms with Crippen molar-refractivity contribution in [1.29, 1.82) is 0 Å². The monoisotopic (exact) mass is 347 g/mol. The van der Waals surface area contributed by atoms with Crippen molar-refractivity contribution >= 4 is 28.8 Å². The number of fused-ring (bicyclic) bond motifs is 1. The van der Waals surface area contributed by atoms with Crippen LogP contribution in [0, 0.1) is 5.82 Å². The number of rotatable bonds is 5. The Morgan fingerprint density at radius 2 is 2.17 bits per heavy atom. The highest BCUT2D eigenvalue weighted by molar-refractivity contribution is 7.08. The number of halogens is 1. The molecule has 0 spiro atoms. The molecule has 2 amide bonds. The average Bonchev–Trinajstić information content (AvgIpc) is 3.12. The Hall–Kier alpha value is -2.25. The number of hydrogen-bond acceptors (Lipinski definition) is 4. The number of benzene rings is 1. The van der Waals surface area contributed by atoms with Crippen LogP contribution in [0.15, 0.2) is 29.0 Å². The van der Waals surface area contributed by atoms with Gasteiger partial charge in [-0.3, -0.25) is 9.59 Å². The van der Waals surface area contributed by atoms with Crippen LogP contribution in [0.25, 0.3) is 0 Å². The van der Waals surface area contributed by atoms with Gasteiger partial charge in [0.15, 0.2) is 0 Å². The number of thiophene rings is 1. The minimum atomic E-state index is -0.357. The number of nitrogens with one attached hydrogen (secondary N) is 3. The van der Waals surface area contributed by atoms with Crippen molar-refractivity contribution in [3.63, 3.8) is 0 Å². The molecule has 0 unspecified atom stereocenters. The molecule has 0 aliphatic carbocycles. The summed E-state index contributed by atoms with van der Waals surface area (Å²) in [5.74, 6) is -0.894. The molecule has 1 aromatic carbocycles. The van der Waals surface area contributed by atoms with Gasteiger partial charge in [-0.05, 0) is 41.6 Å². The first-order chi connectivity index (χ1) is 11.6. The molecule has 1 aliphatic heterocycles. The molecular formula is C17H18FN3O2S. The van der Waals surface area contributed by atoms with Crippen molar-refractivity contribution in [3.8, 4) is 0 Å². The zero-order valence-corrected chi connectivity index (χ0v) is 13.8. The summed E-state index contributed by atoms with van der Waals surface area (Å²) in [6.45, 7) is 1.59. The fourth-order valence-corrected chi connectivity index (χ4v) is 3.26. The summed E-state index contributed by atoms with van der Waals surface area (Å²) >= 11 is 1.44. The SMILES string of the molecule is O=C(CCNC(=O)c1ccsc1)Nc1ccc2c(c1F)CCNC2. The van der Waals surface area contributed by atoms with Gasteiger partial charge in [0, 0.05) is 30.5 Å². The predicted octanol–water partition coefficient (Wildman–Crippen LogP) is 2.29. The van der Waals surface area contributed by atoms with Crippen molar-refractivity contribution in [1.82, 2.24) is 10.6 Å². The largest absolute Gasteiger partial charge is 0.351 e. The molecule has 2 aromatic rings. The molecular weight excluding hydrogens is 329 g/mol. The van der Waals surface area contributed by atoms with Gasteiger partial charge in [-0.2, -0.15) is 11.3 Å². The highest BCUT2D eigenvalue weighted by Gasteiger charge is 2.17. The van der Waals surface area contributed by atoms with Crippen LogP contribution in [0.1, 0.15) is 27.9 Å². The minimum absolute atomic E-state index is 0.0912. The minimum Gasteiger partial charge on any atom is -0.351 e. The van der Waals surface area contributed by atoms with Gasteiger partial charge in [0.25, 0.3) is 5.91 Å². The van der Waals surface area contributed by atoms with Crippen molar-refractivity contribution in [2.45, 2.75) is 19.4 Å². The molecule has 0 bridgehead atoms. The smallest absolute Gasteiger partial charge is 0.252 e. The summed E-state index contributed by atoms with van der Waals surface area (Å²) < 4.78 is 14.4. The first-order valence-electron chi connectivity index (χ1n) is 7.76. The van der Waals surface area contributed by atoms with Gasteiger partial charge in [-0.15, -0.1) is 0 Å². The Kier molecular flexibility index (Phi) is 5.22. The van der Waals surface area contributed by atoms with E-state index in [0.29, 0.717) is 24.1 Å². The molecule has 0 atom stereocenters. The number of amides is 2. The number of carbonyl (C=O) groups is 2. The molecule has 7 heteroatoms. The zero-order chi connectivity index (χ0) is 16.9. The maximum Gasteiger partial charge on any atom is 0.252 e. The van der Waals surface area contributed by atoms with Crippen LogP contribution < -0.4 is 16.0 Å². The third-order valence-electron chi connectivity index (χ3n) is 3.90. The highest BCUT2D eigenvalue weighted by Crippen LogP contribution is 2.24. The summed E-state index contributed by atoms with van der Waals surface area (Å²) in [4.78, 5) is 23.7. The summed E-state index contributed by atoms with van der Waals surface area (Å²) in [6, 6.07) is 5.14. The number of carbonyl (C=O) groups excluding carboxylic acids is 2. The molecule has 24 heavy (non-hydrogen) atoms. The quantitative estimate of drug-likeness (QED) is 0.777. The summed E-state index contributed by atoms with van der Waals surface area (Å²) in [5, 5.41) is 12.0. The lowest BCUT2D eigenvalue weighted by molar-refractivity contribution is -0.116. The second-order valence-electron chi connectivity index (χ2n) is 5.56. The molecule has 0 saturated heterocycles. The van der Waals surface area contributed by atoms with E-state index in [0.717, 1.165) is 12.1 Å². The Labute approximate surface area is 143 Å². The molecule has 126 valence electrons. The normalized spacial score (nSPS) is 13.2. The lowest BCUT2D eigenvalue weighted by Crippen LogP contribution is -2.28. The van der Waals surface area contributed by atoms with E-state index in [4.69, 9.17) is 0 Å². The van der Waals surface area contributed by atoms with E-state index in [1.54, 1.807) is 17.5 Å². The summed E-state index contributed by atoms with van der Waals surface area (Å²) in [7, 11) is 0. The van der Waals surface area contributed by atoms with E-state index in [-0.39, 0.29) is 36.3 Å². The van der Waals surface area contributed by atoms with E-state index in [1.807, 2.05) is 11.4 Å². The molecule has 3 rings (SSSR count). The van der Waals surface area contributed by atoms with Crippen LogP contribution in [0.4, 0.5) is 10.1 Å². The maximum absolute atomic E-state index is 14.4. The first kappa shape index (κ1) is 16.6. The van der Waals surface area contributed by atoms with Crippen molar-refractivity contribution in [2.75, 3.05) is 18.4 Å². The van der Waals surface area contributed by atoms with Crippen LogP contribution in [0.2, 0.25) is 0 Å². The van der Waals surface area contributed by atoms with Crippen LogP contribution in [-0.4, -0.2) is 24.9 Å². The van der Waals surface area contributed by atoms with Gasteiger partial charge >= 0.3 is 0 Å². The Morgan fingerprint density at radius 3 is 2.96 bits per heavy atom. The van der Waals surface area contributed by atoms with Gasteiger partial charge in [0.2, 0.25) is 5.91 Å². The summed E-state index contributed by atoms with van der Waals surface area (Å²) in [5.41, 5.74) is 2.37. The van der Waals surface area contributed by atoms with Crippen molar-refractivity contribution in [2.24, 2.45) is 0 Å². The molecule has 5 nitrogen and oxygen atoms in total. The van der Waals surface area contributed by atoms with Gasteiger partial charge in [0.1, 0.15) is 5.82 Å². The standard InChI is InChI=1S/C17H18FN3O2S/c18-16-13-3-6-19-9-11(13)1-2-14(16)21-15(22)4-7-20-17(23)12-5-8-24-10-12/h1-2,5,8,10,19H,3-4,6-7,9H2,(H,20,23)(H,21,22). The molecule has 0 radical (unpaired) electrons. The fourth-order valence-electron chi connectivity index (χ4n) is 2.63. The van der Waals surface area contributed by atoms with Gasteiger partial charge in [-0.1, -0.05) is 6.07 Å². The van der Waals surface area contributed by atoms with Crippen LogP contribution in [0.3, 0.4) is 0 Å². The highest BCUT2D eigenvalue weighted by atomic mass is 32.1. The Balaban J connectivity index is 1.53. The third-order valence-corrected chi connectivity index (χ3v) is 4.59. The Morgan fingerprint density at radius 1 is 1.29 bits per heavy atom. The maximum atomic E-state index is 14.4. The second-order valence-corrected chi connectivity index (χ2v) is 6.34. The lowest BCUT2D eigenvalue weighted by Gasteiger charge is -2.19. The van der Waals surface area contributed by atoms with Crippen molar-refractivity contribution < 1.29 is 14.0 Å². The van der Waals surface area contributed by atoms with Crippen LogP contribution in [0.5, 0.6) is 0 Å². The van der Waals surface area contributed by atoms with Gasteiger partial charge in [-0.25, -0.2) is 4.39 Å². The molecule has 1 aliphatic rings. The molecule has 3 N–H and O–H groups in total. The van der Waals surface area contributed by atoms with E-state index in [2.05, 4.69) is 16.0 Å². The first-order valence-corrected chi connectivity index (χ1v) is 8.70. The predicted molar refractivity (Wildman–Crippen MR) is 91.7 cm³/mol. The van der Waals surface area contributed by atoms with E-state index in [9.17, 15) is 14.0 Å². The topological polar surface area (TPSA) is 70.2 Å². The second kappa shape index (κ2) is 7.55. The lowest BCUT2D eigenvalue weighted by atomic mass is 9.99. The molecule has 0 saturated carbocycles. The van der Waals surface area contributed by atoms with E-state index >= 15 is 0 Å². The molecule has 1 aromatic heterocycles. The summed E-state index contributed by atoms with van der Waals surface area (Å²) in [6.07, 6.45) is 0.704. The third kappa shape index (κ3) is 3.80. The number of hydrogen-bond donors (Lipinski definition) is 3. The van der Waals surface area contributed by atoms with Crippen LogP contribution >= 0.6 is 11.3 Å².